The number of likely N-dealkylation sites (tertiary alicyclic amines) is 1. The van der Waals surface area contributed by atoms with Crippen LogP contribution in [0.1, 0.15) is 24.3 Å². The van der Waals surface area contributed by atoms with Gasteiger partial charge in [0.15, 0.2) is 0 Å². The number of benzene rings is 1. The number of carbonyl (C=O) groups excluding carboxylic acids is 2. The average Bonchev–Trinajstić information content (AvgIpc) is 2.93. The Morgan fingerprint density at radius 2 is 1.91 bits per heavy atom. The van der Waals surface area contributed by atoms with Gasteiger partial charge in [0.25, 0.3) is 0 Å². The van der Waals surface area contributed by atoms with Crippen molar-refractivity contribution in [2.45, 2.75) is 18.8 Å². The Hall–Kier alpha value is -1.69. The number of nitrogens with zero attached hydrogens (tertiary/aromatic N) is 2. The van der Waals surface area contributed by atoms with Gasteiger partial charge in [0.1, 0.15) is 12.3 Å². The van der Waals surface area contributed by atoms with Crippen LogP contribution in [-0.2, 0) is 9.59 Å². The van der Waals surface area contributed by atoms with Crippen LogP contribution in [0.4, 0.5) is 0 Å². The van der Waals surface area contributed by atoms with E-state index in [0.29, 0.717) is 17.5 Å². The van der Waals surface area contributed by atoms with Crippen molar-refractivity contribution in [3.8, 4) is 5.75 Å². The maximum atomic E-state index is 12.3. The molecule has 1 aromatic rings. The van der Waals surface area contributed by atoms with Crippen LogP contribution < -0.4 is 0 Å². The highest BCUT2D eigenvalue weighted by Crippen LogP contribution is 2.29. The van der Waals surface area contributed by atoms with Gasteiger partial charge in [0.2, 0.25) is 11.8 Å². The number of hydrogen-bond acceptors (Lipinski definition) is 4. The molecule has 1 N–H and O–H groups in total. The second-order valence-corrected chi connectivity index (χ2v) is 6.77. The summed E-state index contributed by atoms with van der Waals surface area (Å²) in [4.78, 5) is 27.4. The van der Waals surface area contributed by atoms with Crippen LogP contribution in [0.2, 0.25) is 0 Å². The van der Waals surface area contributed by atoms with Gasteiger partial charge in [-0.1, -0.05) is 12.1 Å². The molecule has 2 heterocycles. The predicted octanol–water partition coefficient (Wildman–Crippen LogP) is 1.63. The second kappa shape index (κ2) is 6.60. The van der Waals surface area contributed by atoms with Crippen LogP contribution in [0, 0.1) is 0 Å². The van der Waals surface area contributed by atoms with E-state index in [1.165, 1.54) is 5.56 Å². The largest absolute Gasteiger partial charge is 0.508 e. The minimum absolute atomic E-state index is 0.0556. The molecule has 1 aromatic carbocycles. The van der Waals surface area contributed by atoms with Gasteiger partial charge in [-0.25, -0.2) is 0 Å². The minimum atomic E-state index is 0.0556. The zero-order valence-corrected chi connectivity index (χ0v) is 13.2. The molecule has 3 rings (SSSR count). The SMILES string of the molecule is O=C(CN1CSCC1=O)N1CCC(c2ccc(O)cc2)CC1. The molecule has 118 valence electrons. The van der Waals surface area contributed by atoms with Crippen molar-refractivity contribution >= 4 is 23.6 Å². The van der Waals surface area contributed by atoms with Gasteiger partial charge >= 0.3 is 0 Å². The van der Waals surface area contributed by atoms with Crippen molar-refractivity contribution in [1.82, 2.24) is 9.80 Å². The Morgan fingerprint density at radius 3 is 2.50 bits per heavy atom. The molecule has 0 atom stereocenters. The summed E-state index contributed by atoms with van der Waals surface area (Å²) in [6.45, 7) is 1.69. The number of rotatable bonds is 3. The van der Waals surface area contributed by atoms with Crippen LogP contribution >= 0.6 is 11.8 Å². The smallest absolute Gasteiger partial charge is 0.242 e. The zero-order chi connectivity index (χ0) is 15.5. The Bertz CT molecular complexity index is 553. The van der Waals surface area contributed by atoms with E-state index in [9.17, 15) is 14.7 Å². The van der Waals surface area contributed by atoms with Gasteiger partial charge in [0.05, 0.1) is 11.6 Å². The molecule has 0 radical (unpaired) electrons. The summed E-state index contributed by atoms with van der Waals surface area (Å²) in [6, 6.07) is 7.34. The van der Waals surface area contributed by atoms with E-state index >= 15 is 0 Å². The summed E-state index contributed by atoms with van der Waals surface area (Å²) in [5.74, 6) is 1.97. The van der Waals surface area contributed by atoms with Gasteiger partial charge in [-0.15, -0.1) is 11.8 Å². The summed E-state index contributed by atoms with van der Waals surface area (Å²) in [5.41, 5.74) is 1.22. The predicted molar refractivity (Wildman–Crippen MR) is 85.7 cm³/mol. The maximum absolute atomic E-state index is 12.3. The normalized spacial score (nSPS) is 19.7. The van der Waals surface area contributed by atoms with Crippen molar-refractivity contribution < 1.29 is 14.7 Å². The van der Waals surface area contributed by atoms with E-state index in [4.69, 9.17) is 0 Å². The zero-order valence-electron chi connectivity index (χ0n) is 12.4. The second-order valence-electron chi connectivity index (χ2n) is 5.82. The molecule has 2 saturated heterocycles. The summed E-state index contributed by atoms with van der Waals surface area (Å²) in [7, 11) is 0. The van der Waals surface area contributed by atoms with E-state index in [1.807, 2.05) is 17.0 Å². The molecule has 0 aliphatic carbocycles. The third kappa shape index (κ3) is 3.38. The van der Waals surface area contributed by atoms with Crippen molar-refractivity contribution in [2.75, 3.05) is 31.3 Å². The summed E-state index contributed by atoms with van der Waals surface area (Å²) in [6.07, 6.45) is 1.86. The molecule has 2 fully saturated rings. The van der Waals surface area contributed by atoms with Crippen molar-refractivity contribution in [3.63, 3.8) is 0 Å². The molecule has 22 heavy (non-hydrogen) atoms. The van der Waals surface area contributed by atoms with Gasteiger partial charge in [-0.05, 0) is 36.5 Å². The first kappa shape index (κ1) is 15.2. The number of aromatic hydroxyl groups is 1. The van der Waals surface area contributed by atoms with Gasteiger partial charge < -0.3 is 14.9 Å². The lowest BCUT2D eigenvalue weighted by atomic mass is 9.89. The number of piperidine rings is 1. The van der Waals surface area contributed by atoms with Crippen molar-refractivity contribution in [3.05, 3.63) is 29.8 Å². The van der Waals surface area contributed by atoms with E-state index in [1.54, 1.807) is 28.8 Å². The Morgan fingerprint density at radius 1 is 1.23 bits per heavy atom. The van der Waals surface area contributed by atoms with Crippen LogP contribution in [0.5, 0.6) is 5.75 Å². The monoisotopic (exact) mass is 320 g/mol. The summed E-state index contributed by atoms with van der Waals surface area (Å²) < 4.78 is 0. The average molecular weight is 320 g/mol. The molecule has 0 spiro atoms. The number of thioether (sulfide) groups is 1. The number of phenols is 1. The van der Waals surface area contributed by atoms with Crippen LogP contribution in [-0.4, -0.2) is 58.0 Å². The third-order valence-corrected chi connectivity index (χ3v) is 5.31. The topological polar surface area (TPSA) is 60.9 Å². The lowest BCUT2D eigenvalue weighted by Crippen LogP contribution is -2.44. The van der Waals surface area contributed by atoms with Gasteiger partial charge in [-0.2, -0.15) is 0 Å². The lowest BCUT2D eigenvalue weighted by molar-refractivity contribution is -0.138. The van der Waals surface area contributed by atoms with Gasteiger partial charge in [-0.3, -0.25) is 9.59 Å². The number of hydrogen-bond donors (Lipinski definition) is 1. The summed E-state index contributed by atoms with van der Waals surface area (Å²) >= 11 is 1.56. The molecule has 2 aliphatic rings. The fourth-order valence-corrected chi connectivity index (χ4v) is 3.92. The molecule has 0 saturated carbocycles. The molecule has 6 heteroatoms. The molecular weight excluding hydrogens is 300 g/mol. The fraction of sp³-hybridized carbons (Fsp3) is 0.500. The number of phenolic OH excluding ortho intramolecular Hbond substituents is 1. The standard InChI is InChI=1S/C16H20N2O3S/c19-14-3-1-12(2-4-14)13-5-7-17(8-6-13)15(20)9-18-11-22-10-16(18)21/h1-4,13,19H,5-11H2. The van der Waals surface area contributed by atoms with Crippen LogP contribution in [0.15, 0.2) is 24.3 Å². The fourth-order valence-electron chi connectivity index (χ4n) is 3.01. The molecule has 5 nitrogen and oxygen atoms in total. The number of amides is 2. The van der Waals surface area contributed by atoms with E-state index < -0.39 is 0 Å². The highest BCUT2D eigenvalue weighted by atomic mass is 32.2. The lowest BCUT2D eigenvalue weighted by Gasteiger charge is -2.33. The first-order valence-corrected chi connectivity index (χ1v) is 8.71. The van der Waals surface area contributed by atoms with E-state index in [0.717, 1.165) is 25.9 Å². The quantitative estimate of drug-likeness (QED) is 0.919. The van der Waals surface area contributed by atoms with Crippen LogP contribution in [0.25, 0.3) is 0 Å². The van der Waals surface area contributed by atoms with Crippen molar-refractivity contribution in [1.29, 1.82) is 0 Å². The Balaban J connectivity index is 1.51. The molecule has 2 aliphatic heterocycles. The van der Waals surface area contributed by atoms with E-state index in [2.05, 4.69) is 0 Å². The highest BCUT2D eigenvalue weighted by molar-refractivity contribution is 8.00. The van der Waals surface area contributed by atoms with Crippen molar-refractivity contribution in [2.24, 2.45) is 0 Å². The molecule has 0 aromatic heterocycles. The molecular formula is C16H20N2O3S. The highest BCUT2D eigenvalue weighted by Gasteiger charge is 2.28. The first-order valence-electron chi connectivity index (χ1n) is 7.55. The Labute approximate surface area is 134 Å². The molecule has 0 bridgehead atoms. The molecule has 2 amide bonds. The van der Waals surface area contributed by atoms with Gasteiger partial charge in [0, 0.05) is 13.1 Å². The third-order valence-electron chi connectivity index (χ3n) is 4.36. The molecule has 0 unspecified atom stereocenters. The first-order chi connectivity index (χ1) is 10.6. The summed E-state index contributed by atoms with van der Waals surface area (Å²) in [5, 5.41) is 9.34. The Kier molecular flexibility index (Phi) is 4.57. The van der Waals surface area contributed by atoms with Crippen LogP contribution in [0.3, 0.4) is 0 Å². The van der Waals surface area contributed by atoms with E-state index in [-0.39, 0.29) is 24.1 Å². The number of carbonyl (C=O) groups is 2. The maximum Gasteiger partial charge on any atom is 0.242 e. The minimum Gasteiger partial charge on any atom is -0.508 e.